The van der Waals surface area contributed by atoms with Gasteiger partial charge in [0.05, 0.1) is 0 Å². The van der Waals surface area contributed by atoms with Crippen LogP contribution < -0.4 is 20.7 Å². The van der Waals surface area contributed by atoms with Crippen molar-refractivity contribution >= 4 is 72.7 Å². The van der Waals surface area contributed by atoms with E-state index in [0.717, 1.165) is 33.1 Å². The number of benzene rings is 9. The predicted octanol–water partition coefficient (Wildman–Crippen LogP) is 13.1. The molecule has 2 nitrogen and oxygen atoms in total. The van der Waals surface area contributed by atoms with E-state index in [4.69, 9.17) is 8.83 Å². The molecule has 298 valence electrons. The van der Waals surface area contributed by atoms with Crippen LogP contribution >= 0.6 is 0 Å². The second kappa shape index (κ2) is 12.0. The normalized spacial score (nSPS) is 15.7. The molecule has 3 heteroatoms. The largest absolute Gasteiger partial charge is 0.456 e. The lowest BCUT2D eigenvalue weighted by atomic mass is 9.79. The third-order valence-corrected chi connectivity index (χ3v) is 20.1. The van der Waals surface area contributed by atoms with Crippen molar-refractivity contribution in [3.8, 4) is 44.5 Å². The van der Waals surface area contributed by atoms with Crippen molar-refractivity contribution in [2.45, 2.75) is 38.5 Å². The summed E-state index contributed by atoms with van der Waals surface area (Å²) in [5, 5.41) is 10.3. The number of hydrogen-bond acceptors (Lipinski definition) is 2. The number of fused-ring (bicyclic) bond motifs is 6. The van der Waals surface area contributed by atoms with Crippen LogP contribution in [-0.2, 0) is 10.8 Å². The van der Waals surface area contributed by atoms with Gasteiger partial charge in [-0.15, -0.1) is 0 Å². The monoisotopic (exact) mass is 822 g/mol. The zero-order valence-electron chi connectivity index (χ0n) is 35.6. The van der Waals surface area contributed by atoms with Gasteiger partial charge in [0.2, 0.25) is 0 Å². The van der Waals surface area contributed by atoms with Crippen LogP contribution in [0.5, 0.6) is 0 Å². The van der Waals surface area contributed by atoms with E-state index in [1.54, 1.807) is 0 Å². The summed E-state index contributed by atoms with van der Waals surface area (Å²) in [4.78, 5) is 0. The van der Waals surface area contributed by atoms with Gasteiger partial charge in [-0.1, -0.05) is 173 Å². The van der Waals surface area contributed by atoms with Gasteiger partial charge in [-0.2, -0.15) is 0 Å². The lowest BCUT2D eigenvalue weighted by Crippen LogP contribution is -2.75. The average molecular weight is 823 g/mol. The lowest BCUT2D eigenvalue weighted by molar-refractivity contribution is 0.651. The Balaban J connectivity index is 1.22. The van der Waals surface area contributed by atoms with Crippen LogP contribution in [0.25, 0.3) is 88.4 Å². The van der Waals surface area contributed by atoms with Gasteiger partial charge < -0.3 is 8.83 Å². The molecular weight excluding hydrogens is 781 g/mol. The van der Waals surface area contributed by atoms with Crippen molar-refractivity contribution in [1.82, 2.24) is 0 Å². The molecule has 3 heterocycles. The maximum Gasteiger partial charge on any atom is 0.180 e. The molecule has 0 spiro atoms. The van der Waals surface area contributed by atoms with Crippen LogP contribution in [0.3, 0.4) is 0 Å². The predicted molar refractivity (Wildman–Crippen MR) is 264 cm³/mol. The smallest absolute Gasteiger partial charge is 0.180 e. The summed E-state index contributed by atoms with van der Waals surface area (Å²) < 4.78 is 13.1. The fraction of sp³-hybridized carbons (Fsp3) is 0.100. The molecule has 0 bridgehead atoms. The molecule has 1 aliphatic heterocycles. The van der Waals surface area contributed by atoms with Crippen LogP contribution in [0.4, 0.5) is 0 Å². The first-order chi connectivity index (χ1) is 30.8. The molecule has 0 saturated carbocycles. The molecule has 2 aliphatic carbocycles. The van der Waals surface area contributed by atoms with Crippen molar-refractivity contribution < 1.29 is 8.83 Å². The van der Waals surface area contributed by atoms with Crippen molar-refractivity contribution in [3.05, 3.63) is 204 Å². The first-order valence-electron chi connectivity index (χ1n) is 22.3. The van der Waals surface area contributed by atoms with Crippen LogP contribution in [-0.4, -0.2) is 8.07 Å². The number of furan rings is 2. The van der Waals surface area contributed by atoms with Crippen molar-refractivity contribution in [1.29, 1.82) is 0 Å². The second-order valence-electron chi connectivity index (χ2n) is 19.1. The summed E-state index contributed by atoms with van der Waals surface area (Å²) in [6.45, 7) is 9.84. The quantitative estimate of drug-likeness (QED) is 0.165. The lowest BCUT2D eigenvalue weighted by Gasteiger charge is -2.38. The minimum absolute atomic E-state index is 0.243. The van der Waals surface area contributed by atoms with Gasteiger partial charge in [-0.3, -0.25) is 0 Å². The Kier molecular flexibility index (Phi) is 6.76. The SMILES string of the molecule is CC1(C)c2cc(-c3cccc4oc5ccccc5c34)cc3c2-c2c1ccc1c2-c2c(cc(-c4cccc5oc6ccccc6c45)cc2[Si]3(c2ccccc2)c2ccccc2)C1(C)C. The molecule has 0 N–H and O–H groups in total. The molecule has 2 aromatic heterocycles. The highest BCUT2D eigenvalue weighted by Crippen LogP contribution is 2.61. The Labute approximate surface area is 367 Å². The molecule has 0 fully saturated rings. The van der Waals surface area contributed by atoms with Crippen LogP contribution in [0, 0.1) is 0 Å². The van der Waals surface area contributed by atoms with E-state index in [1.165, 1.54) is 98.3 Å². The van der Waals surface area contributed by atoms with Crippen molar-refractivity contribution in [3.63, 3.8) is 0 Å². The Hall–Kier alpha value is -7.20. The van der Waals surface area contributed by atoms with Gasteiger partial charge in [-0.05, 0) is 124 Å². The fourth-order valence-electron chi connectivity index (χ4n) is 12.5. The zero-order chi connectivity index (χ0) is 42.0. The minimum Gasteiger partial charge on any atom is -0.456 e. The third-order valence-electron chi connectivity index (χ3n) is 15.3. The summed E-state index contributed by atoms with van der Waals surface area (Å²) >= 11 is 0. The molecule has 0 atom stereocenters. The van der Waals surface area contributed by atoms with E-state index in [9.17, 15) is 0 Å². The molecule has 3 aliphatic rings. The molecule has 63 heavy (non-hydrogen) atoms. The van der Waals surface area contributed by atoms with Gasteiger partial charge in [0.15, 0.2) is 8.07 Å². The Morgan fingerprint density at radius 1 is 0.349 bits per heavy atom. The Bertz CT molecular complexity index is 3540. The topological polar surface area (TPSA) is 26.3 Å². The Morgan fingerprint density at radius 3 is 1.19 bits per heavy atom. The highest BCUT2D eigenvalue weighted by molar-refractivity contribution is 7.21. The maximum atomic E-state index is 6.56. The molecule has 14 rings (SSSR count). The maximum absolute atomic E-state index is 6.56. The first-order valence-corrected chi connectivity index (χ1v) is 24.3. The van der Waals surface area contributed by atoms with Crippen LogP contribution in [0.1, 0.15) is 49.9 Å². The van der Waals surface area contributed by atoms with Gasteiger partial charge in [0.1, 0.15) is 22.3 Å². The summed E-state index contributed by atoms with van der Waals surface area (Å²) in [7, 11) is -3.23. The van der Waals surface area contributed by atoms with Crippen molar-refractivity contribution in [2.75, 3.05) is 0 Å². The van der Waals surface area contributed by atoms with Crippen molar-refractivity contribution in [2.24, 2.45) is 0 Å². The van der Waals surface area contributed by atoms with Crippen LogP contribution in [0.15, 0.2) is 191 Å². The highest BCUT2D eigenvalue weighted by atomic mass is 28.3. The number of para-hydroxylation sites is 2. The van der Waals surface area contributed by atoms with Gasteiger partial charge in [0.25, 0.3) is 0 Å². The van der Waals surface area contributed by atoms with Gasteiger partial charge >= 0.3 is 0 Å². The molecule has 0 saturated heterocycles. The summed E-state index contributed by atoms with van der Waals surface area (Å²) in [6, 6.07) is 68.7. The molecule has 0 unspecified atom stereocenters. The third kappa shape index (κ3) is 4.33. The standard InChI is InChI=1S/C60H42O2Si/c1-59(2)43-29-30-44-58-56-46(60(44,3)4)32-36(40-24-16-28-50-54(40)42-22-12-14-26-48(42)62-50)34-52(56)63(37-17-7-5-8-18-37,38-19-9-6-10-20-38)51-33-35(31-45(59)55(51)57(43)58)39-23-15-27-49-53(39)41-21-11-13-25-47(41)61-49/h5-34H,1-4H3. The summed E-state index contributed by atoms with van der Waals surface area (Å²) in [6.07, 6.45) is 0. The molecule has 0 amide bonds. The second-order valence-corrected chi connectivity index (χ2v) is 22.8. The number of rotatable bonds is 4. The summed E-state index contributed by atoms with van der Waals surface area (Å²) in [5.74, 6) is 0. The molecular formula is C60H42O2Si. The zero-order valence-corrected chi connectivity index (χ0v) is 36.6. The molecule has 9 aromatic carbocycles. The molecule has 0 radical (unpaired) electrons. The fourth-order valence-corrected chi connectivity index (χ4v) is 17.8. The Morgan fingerprint density at radius 2 is 0.746 bits per heavy atom. The van der Waals surface area contributed by atoms with E-state index in [2.05, 4.69) is 210 Å². The summed E-state index contributed by atoms with van der Waals surface area (Å²) in [5.41, 5.74) is 19.5. The molecule has 11 aromatic rings. The van der Waals surface area contributed by atoms with E-state index >= 15 is 0 Å². The van der Waals surface area contributed by atoms with Gasteiger partial charge in [-0.25, -0.2) is 0 Å². The van der Waals surface area contributed by atoms with E-state index in [0.29, 0.717) is 0 Å². The highest BCUT2D eigenvalue weighted by Gasteiger charge is 2.55. The average Bonchev–Trinajstić information content (AvgIpc) is 4.00. The minimum atomic E-state index is -3.23. The van der Waals surface area contributed by atoms with Gasteiger partial charge in [0, 0.05) is 32.4 Å². The first kappa shape index (κ1) is 35.4. The van der Waals surface area contributed by atoms with E-state index in [1.807, 2.05) is 0 Å². The van der Waals surface area contributed by atoms with Crippen LogP contribution in [0.2, 0.25) is 0 Å². The van der Waals surface area contributed by atoms with E-state index < -0.39 is 8.07 Å². The van der Waals surface area contributed by atoms with E-state index in [-0.39, 0.29) is 10.8 Å². The number of hydrogen-bond donors (Lipinski definition) is 0.